The molecule has 0 saturated carbocycles. The van der Waals surface area contributed by atoms with Crippen LogP contribution in [0.25, 0.3) is 0 Å². The Morgan fingerprint density at radius 1 is 1.45 bits per heavy atom. The molecule has 0 aliphatic rings. The van der Waals surface area contributed by atoms with Crippen molar-refractivity contribution in [3.05, 3.63) is 27.7 Å². The monoisotopic (exact) mass is 381 g/mol. The lowest BCUT2D eigenvalue weighted by molar-refractivity contribution is 0.281. The predicted molar refractivity (Wildman–Crippen MR) is 87.6 cm³/mol. The van der Waals surface area contributed by atoms with Crippen LogP contribution in [0.3, 0.4) is 0 Å². The number of thioether (sulfide) groups is 1. The molecule has 0 radical (unpaired) electrons. The van der Waals surface area contributed by atoms with Gasteiger partial charge in [-0.2, -0.15) is 11.8 Å². The first-order chi connectivity index (χ1) is 9.31. The van der Waals surface area contributed by atoms with Gasteiger partial charge in [0.15, 0.2) is 0 Å². The van der Waals surface area contributed by atoms with Crippen LogP contribution >= 0.6 is 27.7 Å². The molecule has 1 aromatic carbocycles. The molecule has 0 spiro atoms. The van der Waals surface area contributed by atoms with Gasteiger partial charge in [0, 0.05) is 16.3 Å². The molecular weight excluding hydrogens is 362 g/mol. The van der Waals surface area contributed by atoms with Gasteiger partial charge in [-0.3, -0.25) is 0 Å². The smallest absolute Gasteiger partial charge is 0.240 e. The van der Waals surface area contributed by atoms with Gasteiger partial charge >= 0.3 is 0 Å². The molecule has 0 amide bonds. The van der Waals surface area contributed by atoms with E-state index in [-0.39, 0.29) is 11.5 Å². The molecule has 1 rings (SSSR count). The third-order valence-electron chi connectivity index (χ3n) is 3.07. The van der Waals surface area contributed by atoms with Crippen molar-refractivity contribution in [1.82, 2.24) is 4.72 Å². The molecule has 4 nitrogen and oxygen atoms in total. The third-order valence-corrected chi connectivity index (χ3v) is 6.53. The van der Waals surface area contributed by atoms with Crippen LogP contribution in [0.1, 0.15) is 24.5 Å². The number of aliphatic hydroxyl groups is 1. The summed E-state index contributed by atoms with van der Waals surface area (Å²) in [6.07, 6.45) is 2.78. The van der Waals surface area contributed by atoms with Gasteiger partial charge in [-0.05, 0) is 42.9 Å². The van der Waals surface area contributed by atoms with E-state index in [0.29, 0.717) is 27.4 Å². The molecule has 0 saturated heterocycles. The minimum atomic E-state index is -3.55. The molecule has 20 heavy (non-hydrogen) atoms. The lowest BCUT2D eigenvalue weighted by Gasteiger charge is -2.13. The highest BCUT2D eigenvalue weighted by molar-refractivity contribution is 9.10. The van der Waals surface area contributed by atoms with Crippen molar-refractivity contribution in [3.8, 4) is 0 Å². The molecule has 1 aromatic rings. The van der Waals surface area contributed by atoms with Gasteiger partial charge in [0.25, 0.3) is 0 Å². The number of hydrogen-bond acceptors (Lipinski definition) is 4. The maximum atomic E-state index is 12.3. The maximum Gasteiger partial charge on any atom is 0.240 e. The number of halogens is 1. The van der Waals surface area contributed by atoms with E-state index >= 15 is 0 Å². The van der Waals surface area contributed by atoms with Crippen LogP contribution < -0.4 is 4.72 Å². The fourth-order valence-corrected chi connectivity index (χ4v) is 4.02. The molecule has 0 fully saturated rings. The molecule has 0 aliphatic carbocycles. The first-order valence-electron chi connectivity index (χ1n) is 6.24. The Kier molecular flexibility index (Phi) is 7.00. The number of rotatable bonds is 7. The second-order valence-corrected chi connectivity index (χ2v) is 8.46. The van der Waals surface area contributed by atoms with Crippen LogP contribution in [0.15, 0.2) is 21.5 Å². The Morgan fingerprint density at radius 2 is 2.10 bits per heavy atom. The Balaban J connectivity index is 2.95. The lowest BCUT2D eigenvalue weighted by Crippen LogP contribution is -2.27. The maximum absolute atomic E-state index is 12.3. The molecule has 114 valence electrons. The summed E-state index contributed by atoms with van der Waals surface area (Å²) in [7, 11) is -3.55. The summed E-state index contributed by atoms with van der Waals surface area (Å²) in [5.41, 5.74) is 1.22. The highest BCUT2D eigenvalue weighted by Gasteiger charge is 2.19. The van der Waals surface area contributed by atoms with Crippen molar-refractivity contribution in [2.45, 2.75) is 37.0 Å². The van der Waals surface area contributed by atoms with Crippen LogP contribution in [0.2, 0.25) is 0 Å². The summed E-state index contributed by atoms with van der Waals surface area (Å²) < 4.78 is 27.9. The summed E-state index contributed by atoms with van der Waals surface area (Å²) in [5.74, 6) is 0. The van der Waals surface area contributed by atoms with E-state index < -0.39 is 10.0 Å². The molecule has 0 heterocycles. The standard InChI is InChI=1S/C13H20BrNO3S2/c1-9(19-3)4-5-15-20(17,18)13-7-11(8-16)6-12(14)10(13)2/h6-7,9,15-16H,4-5,8H2,1-3H3. The van der Waals surface area contributed by atoms with Crippen LogP contribution in [0.5, 0.6) is 0 Å². The van der Waals surface area contributed by atoms with Crippen molar-refractivity contribution in [3.63, 3.8) is 0 Å². The van der Waals surface area contributed by atoms with E-state index in [0.717, 1.165) is 6.42 Å². The number of nitrogens with one attached hydrogen (secondary N) is 1. The number of hydrogen-bond donors (Lipinski definition) is 2. The SMILES string of the molecule is CSC(C)CCNS(=O)(=O)c1cc(CO)cc(Br)c1C. The Morgan fingerprint density at radius 3 is 2.65 bits per heavy atom. The molecule has 2 N–H and O–H groups in total. The van der Waals surface area contributed by atoms with Crippen molar-refractivity contribution < 1.29 is 13.5 Å². The zero-order valence-corrected chi connectivity index (χ0v) is 15.0. The number of aliphatic hydroxyl groups excluding tert-OH is 1. The normalized spacial score (nSPS) is 13.4. The molecule has 0 aliphatic heterocycles. The van der Waals surface area contributed by atoms with Crippen LogP contribution in [-0.4, -0.2) is 31.6 Å². The van der Waals surface area contributed by atoms with Crippen molar-refractivity contribution in [1.29, 1.82) is 0 Å². The molecule has 1 atom stereocenters. The zero-order valence-electron chi connectivity index (χ0n) is 11.8. The molecular formula is C13H20BrNO3S2. The van der Waals surface area contributed by atoms with Gasteiger partial charge in [0.05, 0.1) is 11.5 Å². The molecule has 1 unspecified atom stereocenters. The fourth-order valence-electron chi connectivity index (χ4n) is 1.67. The summed E-state index contributed by atoms with van der Waals surface area (Å²) in [6, 6.07) is 3.24. The van der Waals surface area contributed by atoms with E-state index in [9.17, 15) is 13.5 Å². The second-order valence-electron chi connectivity index (χ2n) is 4.59. The largest absolute Gasteiger partial charge is 0.392 e. The predicted octanol–water partition coefficient (Wildman–Crippen LogP) is 2.67. The highest BCUT2D eigenvalue weighted by Crippen LogP contribution is 2.26. The molecule has 0 bridgehead atoms. The number of sulfonamides is 1. The Hall–Kier alpha value is -0.0800. The topological polar surface area (TPSA) is 66.4 Å². The van der Waals surface area contributed by atoms with Gasteiger partial charge in [0.2, 0.25) is 10.0 Å². The minimum Gasteiger partial charge on any atom is -0.392 e. The van der Waals surface area contributed by atoms with Crippen LogP contribution in [0.4, 0.5) is 0 Å². The van der Waals surface area contributed by atoms with Gasteiger partial charge in [-0.1, -0.05) is 22.9 Å². The first-order valence-corrected chi connectivity index (χ1v) is 9.80. The van der Waals surface area contributed by atoms with E-state index in [2.05, 4.69) is 27.6 Å². The van der Waals surface area contributed by atoms with Gasteiger partial charge in [-0.15, -0.1) is 0 Å². The highest BCUT2D eigenvalue weighted by atomic mass is 79.9. The van der Waals surface area contributed by atoms with Crippen molar-refractivity contribution in [2.75, 3.05) is 12.8 Å². The minimum absolute atomic E-state index is 0.190. The first kappa shape index (κ1) is 18.0. The number of benzene rings is 1. The average molecular weight is 382 g/mol. The van der Waals surface area contributed by atoms with Crippen molar-refractivity contribution in [2.24, 2.45) is 0 Å². The van der Waals surface area contributed by atoms with Gasteiger partial charge < -0.3 is 5.11 Å². The van der Waals surface area contributed by atoms with Crippen LogP contribution in [0, 0.1) is 6.92 Å². The van der Waals surface area contributed by atoms with E-state index in [1.807, 2.05) is 6.26 Å². The Bertz CT molecular complexity index is 561. The van der Waals surface area contributed by atoms with Gasteiger partial charge in [-0.25, -0.2) is 13.1 Å². The fraction of sp³-hybridized carbons (Fsp3) is 0.538. The summed E-state index contributed by atoms with van der Waals surface area (Å²) in [6.45, 7) is 4.02. The van der Waals surface area contributed by atoms with Crippen LogP contribution in [-0.2, 0) is 16.6 Å². The summed E-state index contributed by atoms with van der Waals surface area (Å²) in [4.78, 5) is 0.215. The zero-order chi connectivity index (χ0) is 15.3. The second kappa shape index (κ2) is 7.79. The molecule has 0 aromatic heterocycles. The Labute approximate surface area is 133 Å². The van der Waals surface area contributed by atoms with Crippen molar-refractivity contribution >= 4 is 37.7 Å². The quantitative estimate of drug-likeness (QED) is 0.761. The average Bonchev–Trinajstić information content (AvgIpc) is 2.40. The van der Waals surface area contributed by atoms with E-state index in [1.165, 1.54) is 6.07 Å². The summed E-state index contributed by atoms with van der Waals surface area (Å²) in [5, 5.41) is 9.60. The third kappa shape index (κ3) is 4.73. The van der Waals surface area contributed by atoms with E-state index in [4.69, 9.17) is 0 Å². The summed E-state index contributed by atoms with van der Waals surface area (Å²) >= 11 is 5.03. The molecule has 7 heteroatoms. The van der Waals surface area contributed by atoms with E-state index in [1.54, 1.807) is 24.8 Å². The van der Waals surface area contributed by atoms with Gasteiger partial charge in [0.1, 0.15) is 0 Å². The lowest BCUT2D eigenvalue weighted by atomic mass is 10.2.